The van der Waals surface area contributed by atoms with Crippen LogP contribution in [0.1, 0.15) is 23.4 Å². The van der Waals surface area contributed by atoms with E-state index in [0.29, 0.717) is 23.1 Å². The summed E-state index contributed by atoms with van der Waals surface area (Å²) in [6.07, 6.45) is 5.98. The highest BCUT2D eigenvalue weighted by Crippen LogP contribution is 2.30. The van der Waals surface area contributed by atoms with E-state index in [1.54, 1.807) is 24.5 Å². The molecule has 1 aliphatic rings. The lowest BCUT2D eigenvalue weighted by Crippen LogP contribution is -2.06. The van der Waals surface area contributed by atoms with Crippen LogP contribution in [0.4, 0.5) is 0 Å². The van der Waals surface area contributed by atoms with Crippen LogP contribution < -0.4 is 10.4 Å². The van der Waals surface area contributed by atoms with Crippen LogP contribution in [-0.4, -0.2) is 15.2 Å². The SMILES string of the molecule is O=c1oc2ccc(OCc3nnc(-c4cccnc4)o3)cc2c2c1CCC2. The predicted molar refractivity (Wildman–Crippen MR) is 96.4 cm³/mol. The molecule has 7 heteroatoms. The lowest BCUT2D eigenvalue weighted by molar-refractivity contribution is 0.264. The predicted octanol–water partition coefficient (Wildman–Crippen LogP) is 3.31. The van der Waals surface area contributed by atoms with Crippen molar-refractivity contribution < 1.29 is 13.6 Å². The zero-order valence-corrected chi connectivity index (χ0v) is 14.3. The molecule has 27 heavy (non-hydrogen) atoms. The maximum absolute atomic E-state index is 12.0. The zero-order valence-electron chi connectivity index (χ0n) is 14.3. The summed E-state index contributed by atoms with van der Waals surface area (Å²) < 4.78 is 16.8. The van der Waals surface area contributed by atoms with E-state index in [0.717, 1.165) is 41.3 Å². The van der Waals surface area contributed by atoms with Crippen LogP contribution in [-0.2, 0) is 19.4 Å². The van der Waals surface area contributed by atoms with E-state index in [1.165, 1.54) is 0 Å². The second kappa shape index (κ2) is 6.35. The smallest absolute Gasteiger partial charge is 0.339 e. The van der Waals surface area contributed by atoms with Crippen molar-refractivity contribution in [2.75, 3.05) is 0 Å². The van der Waals surface area contributed by atoms with Crippen molar-refractivity contribution in [1.82, 2.24) is 15.2 Å². The van der Waals surface area contributed by atoms with Gasteiger partial charge in [0.05, 0.1) is 5.56 Å². The largest absolute Gasteiger partial charge is 0.484 e. The topological polar surface area (TPSA) is 91.2 Å². The molecular formula is C20H15N3O4. The molecule has 0 spiro atoms. The molecule has 0 unspecified atom stereocenters. The van der Waals surface area contributed by atoms with E-state index in [1.807, 2.05) is 18.2 Å². The summed E-state index contributed by atoms with van der Waals surface area (Å²) in [5.41, 5.74) is 2.98. The van der Waals surface area contributed by atoms with Gasteiger partial charge in [0.15, 0.2) is 6.61 Å². The van der Waals surface area contributed by atoms with Gasteiger partial charge in [0.25, 0.3) is 5.89 Å². The highest BCUT2D eigenvalue weighted by atomic mass is 16.5. The lowest BCUT2D eigenvalue weighted by Gasteiger charge is -2.07. The van der Waals surface area contributed by atoms with Crippen molar-refractivity contribution in [2.24, 2.45) is 0 Å². The first-order chi connectivity index (χ1) is 13.3. The number of ether oxygens (including phenoxy) is 1. The highest BCUT2D eigenvalue weighted by Gasteiger charge is 2.20. The maximum Gasteiger partial charge on any atom is 0.339 e. The van der Waals surface area contributed by atoms with E-state index < -0.39 is 0 Å². The van der Waals surface area contributed by atoms with Crippen molar-refractivity contribution in [3.05, 3.63) is 70.2 Å². The summed E-state index contributed by atoms with van der Waals surface area (Å²) in [4.78, 5) is 16.0. The Morgan fingerprint density at radius 3 is 2.89 bits per heavy atom. The number of aromatic nitrogens is 3. The molecule has 5 rings (SSSR count). The van der Waals surface area contributed by atoms with Crippen molar-refractivity contribution in [2.45, 2.75) is 25.9 Å². The Hall–Kier alpha value is -3.48. The lowest BCUT2D eigenvalue weighted by atomic mass is 10.1. The van der Waals surface area contributed by atoms with Crippen LogP contribution in [0.25, 0.3) is 22.4 Å². The van der Waals surface area contributed by atoms with E-state index in [2.05, 4.69) is 15.2 Å². The van der Waals surface area contributed by atoms with Gasteiger partial charge in [-0.25, -0.2) is 4.79 Å². The summed E-state index contributed by atoms with van der Waals surface area (Å²) in [6, 6.07) is 9.09. The van der Waals surface area contributed by atoms with E-state index >= 15 is 0 Å². The van der Waals surface area contributed by atoms with E-state index in [4.69, 9.17) is 13.6 Å². The van der Waals surface area contributed by atoms with Crippen LogP contribution >= 0.6 is 0 Å². The first kappa shape index (κ1) is 15.7. The number of rotatable bonds is 4. The normalized spacial score (nSPS) is 13.0. The van der Waals surface area contributed by atoms with Crippen molar-refractivity contribution >= 4 is 11.0 Å². The molecule has 1 aliphatic carbocycles. The minimum Gasteiger partial charge on any atom is -0.484 e. The molecule has 134 valence electrons. The highest BCUT2D eigenvalue weighted by molar-refractivity contribution is 5.83. The van der Waals surface area contributed by atoms with E-state index in [-0.39, 0.29) is 12.2 Å². The average molecular weight is 361 g/mol. The summed E-state index contributed by atoms with van der Waals surface area (Å²) in [5, 5.41) is 8.96. The third-order valence-electron chi connectivity index (χ3n) is 4.68. The molecule has 0 amide bonds. The second-order valence-electron chi connectivity index (χ2n) is 6.39. The summed E-state index contributed by atoms with van der Waals surface area (Å²) in [7, 11) is 0. The number of fused-ring (bicyclic) bond motifs is 3. The van der Waals surface area contributed by atoms with E-state index in [9.17, 15) is 4.79 Å². The molecule has 0 saturated heterocycles. The summed E-state index contributed by atoms with van der Waals surface area (Å²) >= 11 is 0. The van der Waals surface area contributed by atoms with Crippen LogP contribution in [0.5, 0.6) is 5.75 Å². The number of hydrogen-bond donors (Lipinski definition) is 0. The quantitative estimate of drug-likeness (QED) is 0.515. The first-order valence-corrected chi connectivity index (χ1v) is 8.72. The minimum atomic E-state index is -0.225. The Labute approximate surface area is 153 Å². The van der Waals surface area contributed by atoms with Crippen molar-refractivity contribution in [3.8, 4) is 17.2 Å². The maximum atomic E-state index is 12.0. The number of hydrogen-bond acceptors (Lipinski definition) is 7. The fraction of sp³-hybridized carbons (Fsp3) is 0.200. The molecule has 4 aromatic rings. The van der Waals surface area contributed by atoms with Gasteiger partial charge >= 0.3 is 5.63 Å². The van der Waals surface area contributed by atoms with Gasteiger partial charge in [-0.1, -0.05) is 0 Å². The summed E-state index contributed by atoms with van der Waals surface area (Å²) in [6.45, 7) is 0.151. The van der Waals surface area contributed by atoms with Gasteiger partial charge in [-0.2, -0.15) is 0 Å². The molecule has 0 saturated carbocycles. The van der Waals surface area contributed by atoms with Gasteiger partial charge in [0.1, 0.15) is 11.3 Å². The second-order valence-corrected chi connectivity index (χ2v) is 6.39. The number of aryl methyl sites for hydroxylation is 1. The van der Waals surface area contributed by atoms with Crippen molar-refractivity contribution in [1.29, 1.82) is 0 Å². The molecule has 0 bridgehead atoms. The van der Waals surface area contributed by atoms with Gasteiger partial charge < -0.3 is 13.6 Å². The first-order valence-electron chi connectivity index (χ1n) is 8.72. The Bertz CT molecular complexity index is 1180. The molecule has 3 heterocycles. The average Bonchev–Trinajstić information content (AvgIpc) is 3.38. The van der Waals surface area contributed by atoms with Crippen LogP contribution in [0.15, 0.2) is 56.4 Å². The fourth-order valence-corrected chi connectivity index (χ4v) is 3.41. The number of pyridine rings is 1. The standard InChI is InChI=1S/C20H15N3O4/c24-20-15-5-1-4-14(15)16-9-13(6-7-17(16)26-20)25-11-18-22-23-19(27-18)12-3-2-8-21-10-12/h2-3,6-10H,1,4-5,11H2. The molecule has 0 atom stereocenters. The van der Waals surface area contributed by atoms with Gasteiger partial charge in [-0.3, -0.25) is 4.98 Å². The Balaban J connectivity index is 1.39. The minimum absolute atomic E-state index is 0.151. The molecular weight excluding hydrogens is 346 g/mol. The van der Waals surface area contributed by atoms with Gasteiger partial charge in [-0.15, -0.1) is 10.2 Å². The molecule has 0 fully saturated rings. The zero-order chi connectivity index (χ0) is 18.2. The molecule has 0 aliphatic heterocycles. The molecule has 1 aromatic carbocycles. The third kappa shape index (κ3) is 2.87. The molecule has 0 N–H and O–H groups in total. The van der Waals surface area contributed by atoms with Crippen LogP contribution in [0.3, 0.4) is 0 Å². The van der Waals surface area contributed by atoms with Gasteiger partial charge in [-0.05, 0) is 55.2 Å². The van der Waals surface area contributed by atoms with Crippen molar-refractivity contribution in [3.63, 3.8) is 0 Å². The Morgan fingerprint density at radius 1 is 1.07 bits per heavy atom. The van der Waals surface area contributed by atoms with Crippen LogP contribution in [0.2, 0.25) is 0 Å². The molecule has 7 nitrogen and oxygen atoms in total. The Kier molecular flexibility index (Phi) is 3.71. The Morgan fingerprint density at radius 2 is 2.00 bits per heavy atom. The third-order valence-corrected chi connectivity index (χ3v) is 4.68. The van der Waals surface area contributed by atoms with Crippen LogP contribution in [0, 0.1) is 0 Å². The molecule has 3 aromatic heterocycles. The van der Waals surface area contributed by atoms with Gasteiger partial charge in [0, 0.05) is 23.3 Å². The molecule has 0 radical (unpaired) electrons. The number of nitrogens with zero attached hydrogens (tertiary/aromatic N) is 3. The fourth-order valence-electron chi connectivity index (χ4n) is 3.41. The monoisotopic (exact) mass is 361 g/mol. The number of benzene rings is 1. The summed E-state index contributed by atoms with van der Waals surface area (Å²) in [5.74, 6) is 1.44. The van der Waals surface area contributed by atoms with Gasteiger partial charge in [0.2, 0.25) is 5.89 Å².